The zero-order valence-electron chi connectivity index (χ0n) is 11.1. The molecule has 3 N–H and O–H groups in total. The molecule has 0 aliphatic carbocycles. The van der Waals surface area contributed by atoms with Gasteiger partial charge < -0.3 is 16.0 Å². The van der Waals surface area contributed by atoms with Crippen molar-refractivity contribution in [2.45, 2.75) is 25.3 Å². The summed E-state index contributed by atoms with van der Waals surface area (Å²) in [6.07, 6.45) is 2.18. The van der Waals surface area contributed by atoms with Crippen molar-refractivity contribution in [1.82, 2.24) is 20.4 Å². The number of rotatable bonds is 1. The molecule has 7 heteroatoms. The molecule has 20 heavy (non-hydrogen) atoms. The van der Waals surface area contributed by atoms with E-state index in [1.165, 1.54) is 0 Å². The molecule has 3 heterocycles. The third-order valence-corrected chi connectivity index (χ3v) is 4.01. The van der Waals surface area contributed by atoms with Crippen molar-refractivity contribution in [3.05, 3.63) is 17.8 Å². The number of aromatic nitrogens is 2. The number of amides is 2. The Morgan fingerprint density at radius 2 is 2.20 bits per heavy atom. The van der Waals surface area contributed by atoms with E-state index in [0.717, 1.165) is 12.8 Å². The average Bonchev–Trinajstić information content (AvgIpc) is 2.47. The maximum absolute atomic E-state index is 12.3. The maximum atomic E-state index is 12.3. The van der Waals surface area contributed by atoms with E-state index in [1.807, 2.05) is 0 Å². The normalized spacial score (nSPS) is 25.8. The summed E-state index contributed by atoms with van der Waals surface area (Å²) in [4.78, 5) is 25.5. The molecule has 2 unspecified atom stereocenters. The van der Waals surface area contributed by atoms with Crippen LogP contribution in [-0.4, -0.2) is 46.0 Å². The molecule has 2 aliphatic heterocycles. The number of anilines is 1. The van der Waals surface area contributed by atoms with Crippen molar-refractivity contribution in [3.8, 4) is 0 Å². The third-order valence-electron chi connectivity index (χ3n) is 4.01. The van der Waals surface area contributed by atoms with Crippen molar-refractivity contribution >= 4 is 17.6 Å². The molecule has 1 aromatic rings. The molecule has 3 rings (SSSR count). The summed E-state index contributed by atoms with van der Waals surface area (Å²) in [5.41, 5.74) is 5.78. The van der Waals surface area contributed by atoms with Gasteiger partial charge in [-0.05, 0) is 30.9 Å². The Hall–Kier alpha value is -2.18. The molecule has 0 spiro atoms. The molecule has 2 atom stereocenters. The van der Waals surface area contributed by atoms with Gasteiger partial charge in [0.25, 0.3) is 5.91 Å². The van der Waals surface area contributed by atoms with Crippen LogP contribution in [0.5, 0.6) is 0 Å². The fourth-order valence-corrected chi connectivity index (χ4v) is 2.91. The molecule has 7 nitrogen and oxygen atoms in total. The Kier molecular flexibility index (Phi) is 3.25. The minimum Gasteiger partial charge on any atom is -0.382 e. The summed E-state index contributed by atoms with van der Waals surface area (Å²) in [5.74, 6) is 0.644. The van der Waals surface area contributed by atoms with Crippen LogP contribution in [0.1, 0.15) is 29.8 Å². The second kappa shape index (κ2) is 5.07. The van der Waals surface area contributed by atoms with E-state index in [1.54, 1.807) is 17.0 Å². The molecule has 106 valence electrons. The van der Waals surface area contributed by atoms with E-state index in [4.69, 9.17) is 5.73 Å². The second-order valence-electron chi connectivity index (χ2n) is 5.36. The first-order chi connectivity index (χ1) is 9.63. The van der Waals surface area contributed by atoms with Crippen LogP contribution in [0, 0.1) is 5.92 Å². The maximum Gasteiger partial charge on any atom is 0.274 e. The number of likely N-dealkylation sites (tertiary alicyclic amines) is 1. The lowest BCUT2D eigenvalue weighted by atomic mass is 9.85. The smallest absolute Gasteiger partial charge is 0.274 e. The molecule has 0 radical (unpaired) electrons. The highest BCUT2D eigenvalue weighted by atomic mass is 16.2. The lowest BCUT2D eigenvalue weighted by Crippen LogP contribution is -2.55. The van der Waals surface area contributed by atoms with Gasteiger partial charge in [0.05, 0.1) is 0 Å². The summed E-state index contributed by atoms with van der Waals surface area (Å²) in [6.45, 7) is 1.29. The molecule has 2 fully saturated rings. The van der Waals surface area contributed by atoms with Crippen LogP contribution in [0.2, 0.25) is 0 Å². The minimum atomic E-state index is -0.118. The summed E-state index contributed by atoms with van der Waals surface area (Å²) >= 11 is 0. The van der Waals surface area contributed by atoms with Gasteiger partial charge in [0.2, 0.25) is 5.91 Å². The van der Waals surface area contributed by atoms with Crippen LogP contribution < -0.4 is 11.1 Å². The quantitative estimate of drug-likeness (QED) is 0.739. The molecule has 2 saturated heterocycles. The Balaban J connectivity index is 1.68. The number of nitrogens with zero attached hydrogens (tertiary/aromatic N) is 3. The molecule has 1 aromatic heterocycles. The molecular weight excluding hydrogens is 258 g/mol. The predicted octanol–water partition coefficient (Wildman–Crippen LogP) is -0.201. The molecule has 2 aliphatic rings. The van der Waals surface area contributed by atoms with E-state index in [2.05, 4.69) is 15.5 Å². The lowest BCUT2D eigenvalue weighted by Gasteiger charge is -2.41. The van der Waals surface area contributed by atoms with Crippen molar-refractivity contribution in [2.24, 2.45) is 5.92 Å². The van der Waals surface area contributed by atoms with Crippen LogP contribution in [0.3, 0.4) is 0 Å². The highest BCUT2D eigenvalue weighted by Crippen LogP contribution is 2.26. The van der Waals surface area contributed by atoms with Crippen LogP contribution in [0.4, 0.5) is 5.82 Å². The van der Waals surface area contributed by atoms with Gasteiger partial charge in [-0.1, -0.05) is 0 Å². The summed E-state index contributed by atoms with van der Waals surface area (Å²) in [7, 11) is 0. The Morgan fingerprint density at radius 3 is 2.95 bits per heavy atom. The number of carbonyl (C=O) groups excluding carboxylic acids is 2. The first kappa shape index (κ1) is 12.8. The van der Waals surface area contributed by atoms with Gasteiger partial charge >= 0.3 is 0 Å². The summed E-state index contributed by atoms with van der Waals surface area (Å²) in [5, 5.41) is 10.5. The number of carbonyl (C=O) groups is 2. The van der Waals surface area contributed by atoms with Crippen LogP contribution in [0.15, 0.2) is 12.1 Å². The fourth-order valence-electron chi connectivity index (χ4n) is 2.91. The van der Waals surface area contributed by atoms with Gasteiger partial charge in [-0.2, -0.15) is 0 Å². The summed E-state index contributed by atoms with van der Waals surface area (Å²) in [6, 6.07) is 3.38. The monoisotopic (exact) mass is 275 g/mol. The zero-order chi connectivity index (χ0) is 14.1. The van der Waals surface area contributed by atoms with Gasteiger partial charge in [0.15, 0.2) is 5.69 Å². The minimum absolute atomic E-state index is 0.118. The number of hydrogen-bond donors (Lipinski definition) is 2. The van der Waals surface area contributed by atoms with Gasteiger partial charge in [-0.15, -0.1) is 10.2 Å². The number of nitrogen functional groups attached to an aromatic ring is 1. The molecule has 0 saturated carbocycles. The molecule has 0 bridgehead atoms. The first-order valence-electron chi connectivity index (χ1n) is 6.81. The number of piperidine rings is 2. The Morgan fingerprint density at radius 1 is 1.35 bits per heavy atom. The van der Waals surface area contributed by atoms with Crippen LogP contribution in [-0.2, 0) is 4.79 Å². The highest BCUT2D eigenvalue weighted by molar-refractivity contribution is 5.92. The number of nitrogens with two attached hydrogens (primary N) is 1. The van der Waals surface area contributed by atoms with Crippen molar-refractivity contribution in [1.29, 1.82) is 0 Å². The fraction of sp³-hybridized carbons (Fsp3) is 0.538. The second-order valence-corrected chi connectivity index (χ2v) is 5.36. The summed E-state index contributed by atoms with van der Waals surface area (Å²) < 4.78 is 0. The first-order valence-corrected chi connectivity index (χ1v) is 6.81. The number of nitrogens with one attached hydrogen (secondary N) is 1. The third kappa shape index (κ3) is 2.43. The van der Waals surface area contributed by atoms with E-state index < -0.39 is 0 Å². The standard InChI is InChI=1S/C13H17N5O2/c14-11-3-2-10(16-17-11)13(20)18-6-5-9-8(7-18)1-4-12(19)15-9/h2-3,8-9H,1,4-7H2,(H2,14,17)(H,15,19). The lowest BCUT2D eigenvalue weighted by molar-refractivity contribution is -0.125. The van der Waals surface area contributed by atoms with Gasteiger partial charge in [0, 0.05) is 25.6 Å². The molecule has 0 aromatic carbocycles. The Bertz CT molecular complexity index is 530. The largest absolute Gasteiger partial charge is 0.382 e. The van der Waals surface area contributed by atoms with Crippen molar-refractivity contribution in [3.63, 3.8) is 0 Å². The highest BCUT2D eigenvalue weighted by Gasteiger charge is 2.35. The van der Waals surface area contributed by atoms with Crippen molar-refractivity contribution < 1.29 is 9.59 Å². The van der Waals surface area contributed by atoms with Gasteiger partial charge in [-0.25, -0.2) is 0 Å². The average molecular weight is 275 g/mol. The van der Waals surface area contributed by atoms with Gasteiger partial charge in [0.1, 0.15) is 5.82 Å². The number of fused-ring (bicyclic) bond motifs is 1. The van der Waals surface area contributed by atoms with Crippen molar-refractivity contribution in [2.75, 3.05) is 18.8 Å². The van der Waals surface area contributed by atoms with Crippen LogP contribution >= 0.6 is 0 Å². The molecule has 2 amide bonds. The molecular formula is C13H17N5O2. The van der Waals surface area contributed by atoms with E-state index in [9.17, 15) is 9.59 Å². The van der Waals surface area contributed by atoms with Crippen LogP contribution in [0.25, 0.3) is 0 Å². The SMILES string of the molecule is Nc1ccc(C(=O)N2CCC3NC(=O)CCC3C2)nn1. The number of hydrogen-bond acceptors (Lipinski definition) is 5. The topological polar surface area (TPSA) is 101 Å². The van der Waals surface area contributed by atoms with Gasteiger partial charge in [-0.3, -0.25) is 9.59 Å². The predicted molar refractivity (Wildman–Crippen MR) is 71.6 cm³/mol. The van der Waals surface area contributed by atoms with E-state index in [-0.39, 0.29) is 17.9 Å². The zero-order valence-corrected chi connectivity index (χ0v) is 11.1. The van der Waals surface area contributed by atoms with E-state index in [0.29, 0.717) is 36.9 Å². The van der Waals surface area contributed by atoms with E-state index >= 15 is 0 Å². The Labute approximate surface area is 116 Å².